The summed E-state index contributed by atoms with van der Waals surface area (Å²) >= 11 is 0. The van der Waals surface area contributed by atoms with E-state index in [-0.39, 0.29) is 24.6 Å². The Morgan fingerprint density at radius 3 is 2.25 bits per heavy atom. The van der Waals surface area contributed by atoms with Gasteiger partial charge in [-0.3, -0.25) is 0 Å². The number of benzene rings is 1. The maximum atomic E-state index is 9.22. The van der Waals surface area contributed by atoms with Crippen LogP contribution in [0.5, 0.6) is 17.2 Å². The molecular formula is C8H10LiO3. The predicted octanol–water partition coefficient (Wildman–Crippen LogP) is 1.03. The monoisotopic (exact) mass is 161 g/mol. The van der Waals surface area contributed by atoms with Crippen LogP contribution in [0.25, 0.3) is 0 Å². The van der Waals surface area contributed by atoms with Crippen LogP contribution >= 0.6 is 0 Å². The van der Waals surface area contributed by atoms with Gasteiger partial charge < -0.3 is 14.6 Å². The maximum Gasteiger partial charge on any atom is 0.203 e. The quantitative estimate of drug-likeness (QED) is 0.658. The molecular weight excluding hydrogens is 151 g/mol. The molecule has 0 saturated carbocycles. The second-order valence-corrected chi connectivity index (χ2v) is 2.01. The van der Waals surface area contributed by atoms with Crippen molar-refractivity contribution in [1.82, 2.24) is 0 Å². The molecule has 1 aromatic carbocycles. The SMILES string of the molecule is COc1cccc(O)c1OC.[Li]. The second kappa shape index (κ2) is 4.97. The number of rotatable bonds is 2. The second-order valence-electron chi connectivity index (χ2n) is 2.01. The summed E-state index contributed by atoms with van der Waals surface area (Å²) in [6.45, 7) is 0. The van der Waals surface area contributed by atoms with E-state index in [1.165, 1.54) is 14.2 Å². The van der Waals surface area contributed by atoms with E-state index in [2.05, 4.69) is 0 Å². The molecule has 1 aromatic rings. The zero-order valence-corrected chi connectivity index (χ0v) is 7.50. The summed E-state index contributed by atoms with van der Waals surface area (Å²) in [5, 5.41) is 9.22. The van der Waals surface area contributed by atoms with Gasteiger partial charge in [0.15, 0.2) is 11.5 Å². The minimum Gasteiger partial charge on any atom is -0.504 e. The number of aromatic hydroxyl groups is 1. The van der Waals surface area contributed by atoms with Crippen LogP contribution in [-0.2, 0) is 0 Å². The molecule has 0 heterocycles. The van der Waals surface area contributed by atoms with E-state index in [0.29, 0.717) is 11.5 Å². The van der Waals surface area contributed by atoms with Gasteiger partial charge in [-0.25, -0.2) is 0 Å². The van der Waals surface area contributed by atoms with Crippen molar-refractivity contribution in [3.63, 3.8) is 0 Å². The van der Waals surface area contributed by atoms with E-state index in [1.54, 1.807) is 18.2 Å². The number of methoxy groups -OCH3 is 2. The van der Waals surface area contributed by atoms with Crippen molar-refractivity contribution in [3.8, 4) is 17.2 Å². The summed E-state index contributed by atoms with van der Waals surface area (Å²) in [4.78, 5) is 0. The van der Waals surface area contributed by atoms with Crippen LogP contribution in [0.3, 0.4) is 0 Å². The molecule has 0 aliphatic rings. The average molecular weight is 161 g/mol. The molecule has 12 heavy (non-hydrogen) atoms. The summed E-state index contributed by atoms with van der Waals surface area (Å²) in [6.07, 6.45) is 0. The third kappa shape index (κ3) is 2.10. The van der Waals surface area contributed by atoms with Crippen LogP contribution in [-0.4, -0.2) is 38.2 Å². The van der Waals surface area contributed by atoms with Crippen LogP contribution in [0.1, 0.15) is 0 Å². The molecule has 61 valence electrons. The summed E-state index contributed by atoms with van der Waals surface area (Å²) in [7, 11) is 3.01. The summed E-state index contributed by atoms with van der Waals surface area (Å²) < 4.78 is 9.82. The zero-order valence-electron chi connectivity index (χ0n) is 7.50. The molecule has 0 aliphatic carbocycles. The molecule has 0 aromatic heterocycles. The molecule has 0 saturated heterocycles. The third-order valence-corrected chi connectivity index (χ3v) is 1.38. The minimum absolute atomic E-state index is 0. The summed E-state index contributed by atoms with van der Waals surface area (Å²) in [6, 6.07) is 4.95. The van der Waals surface area contributed by atoms with Gasteiger partial charge in [0.2, 0.25) is 5.75 Å². The smallest absolute Gasteiger partial charge is 0.203 e. The standard InChI is InChI=1S/C8H10O3.Li/c1-10-7-5-3-4-6(9)8(7)11-2;/h3-5,9H,1-2H3;. The Balaban J connectivity index is 0.00000121. The first kappa shape index (κ1) is 11.2. The summed E-state index contributed by atoms with van der Waals surface area (Å²) in [5.41, 5.74) is 0. The average Bonchev–Trinajstić information content (AvgIpc) is 2.04. The normalized spacial score (nSPS) is 8.50. The van der Waals surface area contributed by atoms with E-state index in [0.717, 1.165) is 0 Å². The van der Waals surface area contributed by atoms with Crippen molar-refractivity contribution in [2.45, 2.75) is 0 Å². The fourth-order valence-electron chi connectivity index (χ4n) is 0.870. The van der Waals surface area contributed by atoms with Crippen LogP contribution in [0.2, 0.25) is 0 Å². The van der Waals surface area contributed by atoms with Crippen LogP contribution in [0.4, 0.5) is 0 Å². The topological polar surface area (TPSA) is 38.7 Å². The van der Waals surface area contributed by atoms with E-state index in [4.69, 9.17) is 9.47 Å². The molecule has 0 unspecified atom stereocenters. The van der Waals surface area contributed by atoms with Crippen LogP contribution < -0.4 is 9.47 Å². The molecule has 0 bridgehead atoms. The fourth-order valence-corrected chi connectivity index (χ4v) is 0.870. The first-order valence-corrected chi connectivity index (χ1v) is 3.19. The Morgan fingerprint density at radius 1 is 1.17 bits per heavy atom. The van der Waals surface area contributed by atoms with Gasteiger partial charge in [-0.2, -0.15) is 0 Å². The van der Waals surface area contributed by atoms with Crippen molar-refractivity contribution in [2.24, 2.45) is 0 Å². The third-order valence-electron chi connectivity index (χ3n) is 1.38. The molecule has 4 heteroatoms. The van der Waals surface area contributed by atoms with E-state index >= 15 is 0 Å². The van der Waals surface area contributed by atoms with Gasteiger partial charge in [0.25, 0.3) is 0 Å². The molecule has 1 radical (unpaired) electrons. The van der Waals surface area contributed by atoms with Crippen molar-refractivity contribution in [1.29, 1.82) is 0 Å². The van der Waals surface area contributed by atoms with E-state index < -0.39 is 0 Å². The number of ether oxygens (including phenoxy) is 2. The number of hydrogen-bond acceptors (Lipinski definition) is 3. The van der Waals surface area contributed by atoms with E-state index in [9.17, 15) is 5.11 Å². The van der Waals surface area contributed by atoms with Crippen molar-refractivity contribution in [2.75, 3.05) is 14.2 Å². The minimum atomic E-state index is 0. The van der Waals surface area contributed by atoms with Crippen LogP contribution in [0, 0.1) is 0 Å². The molecule has 1 N–H and O–H groups in total. The predicted molar refractivity (Wildman–Crippen MR) is 47.0 cm³/mol. The zero-order chi connectivity index (χ0) is 8.27. The van der Waals surface area contributed by atoms with Gasteiger partial charge in [0, 0.05) is 18.9 Å². The number of para-hydroxylation sites is 1. The van der Waals surface area contributed by atoms with Gasteiger partial charge in [-0.1, -0.05) is 6.07 Å². The molecule has 0 fully saturated rings. The number of hydrogen-bond donors (Lipinski definition) is 1. The Labute approximate surface area is 83.5 Å². The fraction of sp³-hybridized carbons (Fsp3) is 0.250. The van der Waals surface area contributed by atoms with Gasteiger partial charge in [0.05, 0.1) is 14.2 Å². The summed E-state index contributed by atoms with van der Waals surface area (Å²) in [5.74, 6) is 0.995. The first-order chi connectivity index (χ1) is 5.29. The molecule has 0 atom stereocenters. The van der Waals surface area contributed by atoms with Crippen molar-refractivity contribution in [3.05, 3.63) is 18.2 Å². The first-order valence-electron chi connectivity index (χ1n) is 3.19. The molecule has 3 nitrogen and oxygen atoms in total. The van der Waals surface area contributed by atoms with Gasteiger partial charge >= 0.3 is 0 Å². The van der Waals surface area contributed by atoms with Crippen molar-refractivity contribution < 1.29 is 14.6 Å². The van der Waals surface area contributed by atoms with Gasteiger partial charge in [-0.15, -0.1) is 0 Å². The van der Waals surface area contributed by atoms with Gasteiger partial charge in [0.1, 0.15) is 0 Å². The Hall–Kier alpha value is -0.783. The number of phenols is 1. The maximum absolute atomic E-state index is 9.22. The molecule has 0 spiro atoms. The Morgan fingerprint density at radius 2 is 1.83 bits per heavy atom. The van der Waals surface area contributed by atoms with Crippen molar-refractivity contribution >= 4 is 18.9 Å². The van der Waals surface area contributed by atoms with Gasteiger partial charge in [-0.05, 0) is 12.1 Å². The molecule has 0 amide bonds. The largest absolute Gasteiger partial charge is 0.504 e. The number of phenolic OH excluding ortho intramolecular Hbond substituents is 1. The molecule has 0 aliphatic heterocycles. The van der Waals surface area contributed by atoms with E-state index in [1.807, 2.05) is 0 Å². The Bertz CT molecular complexity index is 250. The van der Waals surface area contributed by atoms with Crippen LogP contribution in [0.15, 0.2) is 18.2 Å². The molecule has 1 rings (SSSR count). The Kier molecular flexibility index (Phi) is 4.64.